The van der Waals surface area contributed by atoms with Crippen molar-refractivity contribution in [1.29, 1.82) is 0 Å². The van der Waals surface area contributed by atoms with Crippen molar-refractivity contribution in [3.05, 3.63) is 52.9 Å². The van der Waals surface area contributed by atoms with Crippen molar-refractivity contribution in [3.8, 4) is 28.4 Å². The fourth-order valence-electron chi connectivity index (χ4n) is 2.52. The number of rotatable bonds is 4. The van der Waals surface area contributed by atoms with Gasteiger partial charge in [0.1, 0.15) is 17.6 Å². The number of carbonyl (C=O) groups excluding carboxylic acids is 1. The summed E-state index contributed by atoms with van der Waals surface area (Å²) in [7, 11) is 3.02. The van der Waals surface area contributed by atoms with Gasteiger partial charge in [0, 0.05) is 13.0 Å². The van der Waals surface area contributed by atoms with Crippen LogP contribution in [-0.2, 0) is 4.79 Å². The van der Waals surface area contributed by atoms with Gasteiger partial charge >= 0.3 is 5.97 Å². The first-order chi connectivity index (χ1) is 12.0. The molecular formula is C19H16O6. The predicted molar refractivity (Wildman–Crippen MR) is 92.3 cm³/mol. The van der Waals surface area contributed by atoms with Gasteiger partial charge in [-0.05, 0) is 23.8 Å². The molecule has 0 unspecified atom stereocenters. The summed E-state index contributed by atoms with van der Waals surface area (Å²) in [5, 5.41) is 0.388. The maximum absolute atomic E-state index is 12.8. The Morgan fingerprint density at radius 3 is 2.24 bits per heavy atom. The summed E-state index contributed by atoms with van der Waals surface area (Å²) in [6.07, 6.45) is 1.40. The normalized spacial score (nSPS) is 10.5. The molecular weight excluding hydrogens is 324 g/mol. The summed E-state index contributed by atoms with van der Waals surface area (Å²) < 4.78 is 21.0. The van der Waals surface area contributed by atoms with Gasteiger partial charge in [0.2, 0.25) is 5.43 Å². The number of ether oxygens (including phenoxy) is 3. The van der Waals surface area contributed by atoms with Crippen LogP contribution in [0.4, 0.5) is 0 Å². The lowest BCUT2D eigenvalue weighted by atomic mass is 10.1. The Balaban J connectivity index is 2.09. The molecule has 0 bridgehead atoms. The van der Waals surface area contributed by atoms with Gasteiger partial charge < -0.3 is 18.6 Å². The summed E-state index contributed by atoms with van der Waals surface area (Å²) in [6, 6.07) is 9.83. The van der Waals surface area contributed by atoms with Crippen LogP contribution in [0.15, 0.2) is 51.9 Å². The summed E-state index contributed by atoms with van der Waals surface area (Å²) in [4.78, 5) is 23.8. The van der Waals surface area contributed by atoms with E-state index in [0.717, 1.165) is 0 Å². The largest absolute Gasteiger partial charge is 0.493 e. The van der Waals surface area contributed by atoms with Gasteiger partial charge in [-0.25, -0.2) is 0 Å². The Morgan fingerprint density at radius 2 is 1.64 bits per heavy atom. The van der Waals surface area contributed by atoms with Gasteiger partial charge in [0.25, 0.3) is 0 Å². The fraction of sp³-hybridized carbons (Fsp3) is 0.158. The van der Waals surface area contributed by atoms with Crippen molar-refractivity contribution in [2.45, 2.75) is 6.92 Å². The van der Waals surface area contributed by atoms with E-state index in [1.54, 1.807) is 36.4 Å². The Bertz CT molecular complexity index is 985. The van der Waals surface area contributed by atoms with Crippen molar-refractivity contribution >= 4 is 16.9 Å². The first kappa shape index (κ1) is 16.6. The van der Waals surface area contributed by atoms with Crippen LogP contribution < -0.4 is 19.6 Å². The number of benzene rings is 2. The molecule has 0 saturated carbocycles. The molecule has 0 aliphatic carbocycles. The number of fused-ring (bicyclic) bond motifs is 1. The van der Waals surface area contributed by atoms with E-state index in [9.17, 15) is 9.59 Å². The highest BCUT2D eigenvalue weighted by Crippen LogP contribution is 2.32. The second-order valence-electron chi connectivity index (χ2n) is 5.30. The molecule has 0 amide bonds. The van der Waals surface area contributed by atoms with Gasteiger partial charge in [-0.3, -0.25) is 9.59 Å². The topological polar surface area (TPSA) is 75.0 Å². The second kappa shape index (κ2) is 6.68. The summed E-state index contributed by atoms with van der Waals surface area (Å²) in [5.74, 6) is 0.938. The zero-order chi connectivity index (χ0) is 18.0. The summed E-state index contributed by atoms with van der Waals surface area (Å²) in [5.41, 5.74) is 1.26. The molecule has 128 valence electrons. The predicted octanol–water partition coefficient (Wildman–Crippen LogP) is 3.40. The molecule has 0 saturated heterocycles. The lowest BCUT2D eigenvalue weighted by Crippen LogP contribution is -2.06. The van der Waals surface area contributed by atoms with Crippen LogP contribution in [0, 0.1) is 0 Å². The van der Waals surface area contributed by atoms with E-state index in [4.69, 9.17) is 18.6 Å². The molecule has 0 spiro atoms. The van der Waals surface area contributed by atoms with Crippen LogP contribution in [0.2, 0.25) is 0 Å². The van der Waals surface area contributed by atoms with E-state index < -0.39 is 5.97 Å². The molecule has 1 aromatic heterocycles. The molecule has 0 fully saturated rings. The molecule has 0 atom stereocenters. The number of esters is 1. The lowest BCUT2D eigenvalue weighted by molar-refractivity contribution is -0.131. The van der Waals surface area contributed by atoms with Crippen LogP contribution in [0.5, 0.6) is 17.2 Å². The molecule has 25 heavy (non-hydrogen) atoms. The van der Waals surface area contributed by atoms with Crippen molar-refractivity contribution in [1.82, 2.24) is 0 Å². The number of hydrogen-bond donors (Lipinski definition) is 0. The third-order valence-corrected chi connectivity index (χ3v) is 3.71. The van der Waals surface area contributed by atoms with Crippen LogP contribution in [0.25, 0.3) is 22.1 Å². The van der Waals surface area contributed by atoms with Crippen molar-refractivity contribution in [2.24, 2.45) is 0 Å². The second-order valence-corrected chi connectivity index (χ2v) is 5.30. The molecule has 0 radical (unpaired) electrons. The first-order valence-electron chi connectivity index (χ1n) is 7.50. The minimum atomic E-state index is -0.404. The minimum absolute atomic E-state index is 0.192. The van der Waals surface area contributed by atoms with E-state index in [1.165, 1.54) is 27.4 Å². The highest BCUT2D eigenvalue weighted by molar-refractivity contribution is 5.84. The number of hydrogen-bond acceptors (Lipinski definition) is 6. The monoisotopic (exact) mass is 340 g/mol. The fourth-order valence-corrected chi connectivity index (χ4v) is 2.52. The Kier molecular flexibility index (Phi) is 4.43. The minimum Gasteiger partial charge on any atom is -0.493 e. The summed E-state index contributed by atoms with van der Waals surface area (Å²) >= 11 is 0. The van der Waals surface area contributed by atoms with Crippen molar-refractivity contribution in [3.63, 3.8) is 0 Å². The molecule has 1 heterocycles. The van der Waals surface area contributed by atoms with Crippen LogP contribution in [0.1, 0.15) is 6.92 Å². The first-order valence-corrected chi connectivity index (χ1v) is 7.50. The quantitative estimate of drug-likeness (QED) is 0.535. The molecule has 0 aliphatic rings. The molecule has 0 N–H and O–H groups in total. The number of carbonyl (C=O) groups is 1. The van der Waals surface area contributed by atoms with Crippen molar-refractivity contribution < 1.29 is 23.4 Å². The van der Waals surface area contributed by atoms with Crippen LogP contribution in [-0.4, -0.2) is 20.2 Å². The average Bonchev–Trinajstić information content (AvgIpc) is 2.61. The van der Waals surface area contributed by atoms with E-state index in [-0.39, 0.29) is 5.43 Å². The molecule has 2 aromatic carbocycles. The third kappa shape index (κ3) is 3.19. The highest BCUT2D eigenvalue weighted by atomic mass is 16.5. The molecule has 3 rings (SSSR count). The van der Waals surface area contributed by atoms with Gasteiger partial charge in [-0.2, -0.15) is 0 Å². The van der Waals surface area contributed by atoms with E-state index in [0.29, 0.717) is 39.3 Å². The molecule has 0 aliphatic heterocycles. The third-order valence-electron chi connectivity index (χ3n) is 3.71. The summed E-state index contributed by atoms with van der Waals surface area (Å²) in [6.45, 7) is 1.33. The zero-order valence-electron chi connectivity index (χ0n) is 14.0. The SMILES string of the molecule is COc1cc2occ(-c3ccc(OC(C)=O)cc3)c(=O)c2cc1OC. The Morgan fingerprint density at radius 1 is 1.00 bits per heavy atom. The number of methoxy groups -OCH3 is 2. The maximum Gasteiger partial charge on any atom is 0.308 e. The van der Waals surface area contributed by atoms with Gasteiger partial charge in [-0.15, -0.1) is 0 Å². The molecule has 6 nitrogen and oxygen atoms in total. The van der Waals surface area contributed by atoms with Crippen LogP contribution >= 0.6 is 0 Å². The smallest absolute Gasteiger partial charge is 0.308 e. The van der Waals surface area contributed by atoms with E-state index >= 15 is 0 Å². The van der Waals surface area contributed by atoms with E-state index in [1.807, 2.05) is 0 Å². The molecule has 3 aromatic rings. The Labute approximate surface area is 143 Å². The maximum atomic E-state index is 12.8. The highest BCUT2D eigenvalue weighted by Gasteiger charge is 2.14. The van der Waals surface area contributed by atoms with Gasteiger partial charge in [0.05, 0.1) is 25.2 Å². The van der Waals surface area contributed by atoms with Crippen LogP contribution in [0.3, 0.4) is 0 Å². The Hall–Kier alpha value is -3.28. The zero-order valence-corrected chi connectivity index (χ0v) is 14.0. The van der Waals surface area contributed by atoms with E-state index in [2.05, 4.69) is 0 Å². The standard InChI is InChI=1S/C19H16O6/c1-11(20)25-13-6-4-12(5-7-13)15-10-24-16-9-18(23-3)17(22-2)8-14(16)19(15)21/h4-10H,1-3H3. The van der Waals surface area contributed by atoms with Gasteiger partial charge in [0.15, 0.2) is 11.5 Å². The van der Waals surface area contributed by atoms with Gasteiger partial charge in [-0.1, -0.05) is 12.1 Å². The molecule has 6 heteroatoms. The van der Waals surface area contributed by atoms with Crippen molar-refractivity contribution in [2.75, 3.05) is 14.2 Å². The average molecular weight is 340 g/mol. The lowest BCUT2D eigenvalue weighted by Gasteiger charge is -2.09.